The number of rotatable bonds is 1. The van der Waals surface area contributed by atoms with Crippen LogP contribution in [0.3, 0.4) is 0 Å². The Hall–Kier alpha value is -1.31. The van der Waals surface area contributed by atoms with E-state index in [1.165, 1.54) is 5.56 Å². The molecule has 56 valence electrons. The predicted molar refractivity (Wildman–Crippen MR) is 44.9 cm³/mol. The van der Waals surface area contributed by atoms with Gasteiger partial charge >= 0.3 is 0 Å². The first-order valence-corrected chi connectivity index (χ1v) is 3.60. The lowest BCUT2D eigenvalue weighted by Gasteiger charge is -2.03. The maximum atomic E-state index is 5.14. The summed E-state index contributed by atoms with van der Waals surface area (Å²) in [4.78, 5) is 4.22. The molecule has 2 rings (SSSR count). The molecule has 1 heterocycles. The van der Waals surface area contributed by atoms with Crippen molar-refractivity contribution in [2.75, 3.05) is 7.11 Å². The van der Waals surface area contributed by atoms with Crippen molar-refractivity contribution in [3.63, 3.8) is 0 Å². The van der Waals surface area contributed by atoms with Crippen LogP contribution in [0.15, 0.2) is 23.2 Å². The van der Waals surface area contributed by atoms with Gasteiger partial charge in [0.1, 0.15) is 11.4 Å². The van der Waals surface area contributed by atoms with Crippen LogP contribution in [0.5, 0.6) is 5.75 Å². The van der Waals surface area contributed by atoms with Gasteiger partial charge in [0.05, 0.1) is 7.11 Å². The van der Waals surface area contributed by atoms with Crippen LogP contribution < -0.4 is 4.74 Å². The molecular weight excluding hydrogens is 138 g/mol. The third kappa shape index (κ3) is 0.909. The molecule has 0 bridgehead atoms. The SMILES string of the molecule is COc1cccc2c1N=CC2. The molecule has 0 fully saturated rings. The maximum Gasteiger partial charge on any atom is 0.144 e. The average molecular weight is 147 g/mol. The summed E-state index contributed by atoms with van der Waals surface area (Å²) in [5.74, 6) is 0.872. The molecule has 0 aliphatic carbocycles. The second kappa shape index (κ2) is 2.38. The number of hydrogen-bond acceptors (Lipinski definition) is 2. The highest BCUT2D eigenvalue weighted by Crippen LogP contribution is 2.33. The summed E-state index contributed by atoms with van der Waals surface area (Å²) >= 11 is 0. The predicted octanol–water partition coefficient (Wildman–Crippen LogP) is 1.95. The van der Waals surface area contributed by atoms with Crippen molar-refractivity contribution in [3.05, 3.63) is 23.8 Å². The Bertz CT molecular complexity index is 304. The number of para-hydroxylation sites is 1. The Labute approximate surface area is 65.5 Å². The van der Waals surface area contributed by atoms with Gasteiger partial charge in [-0.05, 0) is 11.6 Å². The second-order valence-electron chi connectivity index (χ2n) is 2.48. The van der Waals surface area contributed by atoms with E-state index in [0.717, 1.165) is 17.9 Å². The summed E-state index contributed by atoms with van der Waals surface area (Å²) < 4.78 is 5.14. The normalized spacial score (nSPS) is 13.2. The summed E-state index contributed by atoms with van der Waals surface area (Å²) in [7, 11) is 1.67. The van der Waals surface area contributed by atoms with E-state index >= 15 is 0 Å². The molecule has 0 aromatic heterocycles. The third-order valence-corrected chi connectivity index (χ3v) is 1.83. The van der Waals surface area contributed by atoms with Crippen molar-refractivity contribution < 1.29 is 4.74 Å². The number of fused-ring (bicyclic) bond motifs is 1. The number of aliphatic imine (C=N–C) groups is 1. The topological polar surface area (TPSA) is 21.6 Å². The number of nitrogens with zero attached hydrogens (tertiary/aromatic N) is 1. The minimum Gasteiger partial charge on any atom is -0.494 e. The fourth-order valence-electron chi connectivity index (χ4n) is 1.28. The number of ether oxygens (including phenoxy) is 1. The Morgan fingerprint density at radius 3 is 3.18 bits per heavy atom. The van der Waals surface area contributed by atoms with E-state index in [9.17, 15) is 0 Å². The highest BCUT2D eigenvalue weighted by Gasteiger charge is 2.10. The van der Waals surface area contributed by atoms with Gasteiger partial charge in [-0.2, -0.15) is 0 Å². The van der Waals surface area contributed by atoms with Crippen LogP contribution >= 0.6 is 0 Å². The fourth-order valence-corrected chi connectivity index (χ4v) is 1.28. The van der Waals surface area contributed by atoms with Gasteiger partial charge in [-0.25, -0.2) is 0 Å². The molecule has 0 radical (unpaired) electrons. The van der Waals surface area contributed by atoms with E-state index in [-0.39, 0.29) is 0 Å². The summed E-state index contributed by atoms with van der Waals surface area (Å²) in [5.41, 5.74) is 2.25. The Morgan fingerprint density at radius 2 is 2.36 bits per heavy atom. The first-order valence-electron chi connectivity index (χ1n) is 3.60. The van der Waals surface area contributed by atoms with Crippen molar-refractivity contribution >= 4 is 11.9 Å². The second-order valence-corrected chi connectivity index (χ2v) is 2.48. The first-order chi connectivity index (χ1) is 5.42. The molecule has 11 heavy (non-hydrogen) atoms. The van der Waals surface area contributed by atoms with Gasteiger partial charge in [-0.1, -0.05) is 12.1 Å². The van der Waals surface area contributed by atoms with Gasteiger partial charge in [0.25, 0.3) is 0 Å². The highest BCUT2D eigenvalue weighted by atomic mass is 16.5. The van der Waals surface area contributed by atoms with E-state index in [1.807, 2.05) is 18.3 Å². The molecule has 0 saturated heterocycles. The zero-order valence-corrected chi connectivity index (χ0v) is 6.37. The summed E-state index contributed by atoms with van der Waals surface area (Å²) in [6.07, 6.45) is 2.85. The minimum atomic E-state index is 0.872. The highest BCUT2D eigenvalue weighted by molar-refractivity contribution is 5.78. The van der Waals surface area contributed by atoms with Crippen LogP contribution in [0.1, 0.15) is 5.56 Å². The van der Waals surface area contributed by atoms with Crippen LogP contribution in [0.25, 0.3) is 0 Å². The lowest BCUT2D eigenvalue weighted by Crippen LogP contribution is -1.84. The van der Waals surface area contributed by atoms with E-state index < -0.39 is 0 Å². The molecule has 0 N–H and O–H groups in total. The first kappa shape index (κ1) is 6.40. The lowest BCUT2D eigenvalue weighted by molar-refractivity contribution is 0.416. The molecule has 0 unspecified atom stereocenters. The largest absolute Gasteiger partial charge is 0.494 e. The number of benzene rings is 1. The van der Waals surface area contributed by atoms with E-state index in [2.05, 4.69) is 11.1 Å². The van der Waals surface area contributed by atoms with Crippen molar-refractivity contribution in [3.8, 4) is 5.75 Å². The standard InChI is InChI=1S/C9H9NO/c1-11-8-4-2-3-7-5-6-10-9(7)8/h2-4,6H,5H2,1H3. The van der Waals surface area contributed by atoms with E-state index in [4.69, 9.17) is 4.74 Å². The minimum absolute atomic E-state index is 0.872. The molecular formula is C9H9NO. The molecule has 2 heteroatoms. The van der Waals surface area contributed by atoms with Gasteiger partial charge in [0.2, 0.25) is 0 Å². The summed E-state index contributed by atoms with van der Waals surface area (Å²) in [6.45, 7) is 0. The number of hydrogen-bond donors (Lipinski definition) is 0. The number of methoxy groups -OCH3 is 1. The van der Waals surface area contributed by atoms with Gasteiger partial charge in [-0.15, -0.1) is 0 Å². The van der Waals surface area contributed by atoms with Crippen LogP contribution in [0, 0.1) is 0 Å². The van der Waals surface area contributed by atoms with Gasteiger partial charge in [0, 0.05) is 12.6 Å². The monoisotopic (exact) mass is 147 g/mol. The molecule has 2 nitrogen and oxygen atoms in total. The smallest absolute Gasteiger partial charge is 0.144 e. The Kier molecular flexibility index (Phi) is 1.39. The molecule has 1 aliphatic rings. The zero-order valence-electron chi connectivity index (χ0n) is 6.37. The molecule has 0 spiro atoms. The molecule has 0 atom stereocenters. The van der Waals surface area contributed by atoms with Crippen LogP contribution in [0.4, 0.5) is 5.69 Å². The quantitative estimate of drug-likeness (QED) is 0.595. The molecule has 0 saturated carbocycles. The van der Waals surface area contributed by atoms with Crippen molar-refractivity contribution in [1.82, 2.24) is 0 Å². The maximum absolute atomic E-state index is 5.14. The van der Waals surface area contributed by atoms with Crippen molar-refractivity contribution in [1.29, 1.82) is 0 Å². The van der Waals surface area contributed by atoms with Crippen LogP contribution in [0.2, 0.25) is 0 Å². The Balaban J connectivity index is 2.57. The molecule has 0 amide bonds. The zero-order chi connectivity index (χ0) is 7.68. The van der Waals surface area contributed by atoms with Gasteiger partial charge in [-0.3, -0.25) is 4.99 Å². The lowest BCUT2D eigenvalue weighted by atomic mass is 10.1. The van der Waals surface area contributed by atoms with Crippen LogP contribution in [-0.4, -0.2) is 13.3 Å². The molecule has 1 aromatic rings. The fraction of sp³-hybridized carbons (Fsp3) is 0.222. The van der Waals surface area contributed by atoms with Crippen LogP contribution in [-0.2, 0) is 6.42 Å². The van der Waals surface area contributed by atoms with Gasteiger partial charge in [0.15, 0.2) is 0 Å². The van der Waals surface area contributed by atoms with Crippen molar-refractivity contribution in [2.45, 2.75) is 6.42 Å². The molecule has 1 aromatic carbocycles. The third-order valence-electron chi connectivity index (χ3n) is 1.83. The van der Waals surface area contributed by atoms with E-state index in [0.29, 0.717) is 0 Å². The van der Waals surface area contributed by atoms with E-state index in [1.54, 1.807) is 7.11 Å². The molecule has 1 aliphatic heterocycles. The van der Waals surface area contributed by atoms with Crippen molar-refractivity contribution in [2.24, 2.45) is 4.99 Å². The summed E-state index contributed by atoms with van der Waals surface area (Å²) in [6, 6.07) is 6.00. The Morgan fingerprint density at radius 1 is 1.45 bits per heavy atom. The average Bonchev–Trinajstić information content (AvgIpc) is 2.50. The van der Waals surface area contributed by atoms with Gasteiger partial charge < -0.3 is 4.74 Å². The summed E-state index contributed by atoms with van der Waals surface area (Å²) in [5, 5.41) is 0.